The van der Waals surface area contributed by atoms with Crippen molar-refractivity contribution in [2.75, 3.05) is 0 Å². The van der Waals surface area contributed by atoms with Crippen molar-refractivity contribution >= 4 is 32.6 Å². The highest BCUT2D eigenvalue weighted by Crippen LogP contribution is 2.17. The molecule has 2 aromatic rings. The number of benzene rings is 2. The van der Waals surface area contributed by atoms with Gasteiger partial charge in [0.25, 0.3) is 0 Å². The number of sulfonamides is 1. The van der Waals surface area contributed by atoms with Crippen LogP contribution in [0.15, 0.2) is 53.4 Å². The molecule has 0 radical (unpaired) electrons. The Morgan fingerprint density at radius 3 is 2.42 bits per heavy atom. The van der Waals surface area contributed by atoms with Crippen LogP contribution in [0, 0.1) is 10.5 Å². The highest BCUT2D eigenvalue weighted by molar-refractivity contribution is 14.1. The van der Waals surface area contributed by atoms with Crippen molar-refractivity contribution in [3.63, 3.8) is 0 Å². The number of aryl methyl sites for hydroxylation is 1. The molecule has 1 N–H and O–H groups in total. The molecule has 2 rings (SSSR count). The zero-order chi connectivity index (χ0) is 13.9. The third-order valence-electron chi connectivity index (χ3n) is 2.75. The van der Waals surface area contributed by atoms with Gasteiger partial charge in [0.15, 0.2) is 0 Å². The molecule has 0 aliphatic rings. The van der Waals surface area contributed by atoms with E-state index in [-0.39, 0.29) is 0 Å². The Bertz CT molecular complexity index is 669. The maximum Gasteiger partial charge on any atom is 0.240 e. The van der Waals surface area contributed by atoms with Crippen molar-refractivity contribution in [3.8, 4) is 0 Å². The van der Waals surface area contributed by atoms with Gasteiger partial charge >= 0.3 is 0 Å². The predicted molar refractivity (Wildman–Crippen MR) is 84.4 cm³/mol. The summed E-state index contributed by atoms with van der Waals surface area (Å²) in [5.74, 6) is 0. The van der Waals surface area contributed by atoms with Crippen molar-refractivity contribution in [1.29, 1.82) is 0 Å². The van der Waals surface area contributed by atoms with Crippen LogP contribution in [0.4, 0.5) is 0 Å². The third kappa shape index (κ3) is 3.77. The number of rotatable bonds is 4. The molecule has 0 saturated heterocycles. The maximum absolute atomic E-state index is 12.2. The van der Waals surface area contributed by atoms with E-state index < -0.39 is 10.0 Å². The summed E-state index contributed by atoms with van der Waals surface area (Å²) in [5.41, 5.74) is 1.90. The molecule has 0 saturated carbocycles. The largest absolute Gasteiger partial charge is 0.240 e. The average molecular weight is 387 g/mol. The molecule has 0 heterocycles. The quantitative estimate of drug-likeness (QED) is 0.820. The fourth-order valence-electron chi connectivity index (χ4n) is 1.64. The zero-order valence-electron chi connectivity index (χ0n) is 10.4. The smallest absolute Gasteiger partial charge is 0.207 e. The molecule has 0 aliphatic heterocycles. The van der Waals surface area contributed by atoms with Crippen LogP contribution < -0.4 is 4.72 Å². The summed E-state index contributed by atoms with van der Waals surface area (Å²) in [5, 5.41) is 0. The second kappa shape index (κ2) is 6.02. The SMILES string of the molecule is Cc1cc(S(=O)(=O)NCc2ccccc2)ccc1I. The first-order valence-electron chi connectivity index (χ1n) is 5.79. The first kappa shape index (κ1) is 14.5. The monoisotopic (exact) mass is 387 g/mol. The zero-order valence-corrected chi connectivity index (χ0v) is 13.4. The van der Waals surface area contributed by atoms with Gasteiger partial charge < -0.3 is 0 Å². The summed E-state index contributed by atoms with van der Waals surface area (Å²) in [6.45, 7) is 2.20. The van der Waals surface area contributed by atoms with E-state index in [1.54, 1.807) is 12.1 Å². The van der Waals surface area contributed by atoms with Crippen molar-refractivity contribution in [1.82, 2.24) is 4.72 Å². The molecule has 0 unspecified atom stereocenters. The number of hydrogen-bond acceptors (Lipinski definition) is 2. The van der Waals surface area contributed by atoms with Crippen LogP contribution in [0.1, 0.15) is 11.1 Å². The van der Waals surface area contributed by atoms with Crippen LogP contribution in [0.3, 0.4) is 0 Å². The fourth-order valence-corrected chi connectivity index (χ4v) is 3.08. The molecule has 2 aromatic carbocycles. The molecule has 0 bridgehead atoms. The molecule has 0 aliphatic carbocycles. The van der Waals surface area contributed by atoms with Crippen LogP contribution in [-0.4, -0.2) is 8.42 Å². The van der Waals surface area contributed by atoms with Gasteiger partial charge in [-0.15, -0.1) is 0 Å². The Hall–Kier alpha value is -0.920. The van der Waals surface area contributed by atoms with Crippen molar-refractivity contribution in [2.45, 2.75) is 18.4 Å². The summed E-state index contributed by atoms with van der Waals surface area (Å²) in [7, 11) is -3.45. The van der Waals surface area contributed by atoms with Gasteiger partial charge in [-0.3, -0.25) is 0 Å². The van der Waals surface area contributed by atoms with E-state index >= 15 is 0 Å². The normalized spacial score (nSPS) is 11.5. The highest BCUT2D eigenvalue weighted by Gasteiger charge is 2.14. The summed E-state index contributed by atoms with van der Waals surface area (Å²) in [4.78, 5) is 0.307. The molecule has 0 atom stereocenters. The van der Waals surface area contributed by atoms with Crippen molar-refractivity contribution < 1.29 is 8.42 Å². The van der Waals surface area contributed by atoms with Gasteiger partial charge in [-0.1, -0.05) is 30.3 Å². The van der Waals surface area contributed by atoms with E-state index in [2.05, 4.69) is 27.3 Å². The van der Waals surface area contributed by atoms with E-state index in [0.717, 1.165) is 14.7 Å². The van der Waals surface area contributed by atoms with Gasteiger partial charge in [-0.05, 0) is 58.8 Å². The highest BCUT2D eigenvalue weighted by atomic mass is 127. The Morgan fingerprint density at radius 2 is 1.79 bits per heavy atom. The topological polar surface area (TPSA) is 46.2 Å². The number of halogens is 1. The minimum absolute atomic E-state index is 0.300. The Labute approximate surface area is 127 Å². The minimum atomic E-state index is -3.45. The summed E-state index contributed by atoms with van der Waals surface area (Å²) in [6.07, 6.45) is 0. The number of nitrogens with one attached hydrogen (secondary N) is 1. The third-order valence-corrected chi connectivity index (χ3v) is 5.36. The first-order chi connectivity index (χ1) is 8.99. The van der Waals surface area contributed by atoms with Crippen molar-refractivity contribution in [3.05, 3.63) is 63.2 Å². The van der Waals surface area contributed by atoms with E-state index in [9.17, 15) is 8.42 Å². The molecular formula is C14H14INO2S. The molecular weight excluding hydrogens is 373 g/mol. The Morgan fingerprint density at radius 1 is 1.11 bits per heavy atom. The second-order valence-electron chi connectivity index (χ2n) is 4.22. The predicted octanol–water partition coefficient (Wildman–Crippen LogP) is 3.08. The van der Waals surface area contributed by atoms with Crippen LogP contribution in [0.5, 0.6) is 0 Å². The van der Waals surface area contributed by atoms with Crippen LogP contribution >= 0.6 is 22.6 Å². The molecule has 19 heavy (non-hydrogen) atoms. The Balaban J connectivity index is 2.16. The van der Waals surface area contributed by atoms with Crippen LogP contribution in [0.25, 0.3) is 0 Å². The molecule has 3 nitrogen and oxygen atoms in total. The minimum Gasteiger partial charge on any atom is -0.207 e. The summed E-state index contributed by atoms with van der Waals surface area (Å²) in [6, 6.07) is 14.6. The molecule has 0 amide bonds. The maximum atomic E-state index is 12.2. The molecule has 0 spiro atoms. The van der Waals surface area contributed by atoms with E-state index in [1.165, 1.54) is 0 Å². The van der Waals surface area contributed by atoms with Gasteiger partial charge in [-0.25, -0.2) is 13.1 Å². The lowest BCUT2D eigenvalue weighted by atomic mass is 10.2. The van der Waals surface area contributed by atoms with Gasteiger partial charge in [0.2, 0.25) is 10.0 Å². The average Bonchev–Trinajstić information content (AvgIpc) is 2.41. The molecule has 100 valence electrons. The standard InChI is InChI=1S/C14H14INO2S/c1-11-9-13(7-8-14(11)15)19(17,18)16-10-12-5-3-2-4-6-12/h2-9,16H,10H2,1H3. The summed E-state index contributed by atoms with van der Waals surface area (Å²) >= 11 is 2.18. The lowest BCUT2D eigenvalue weighted by Gasteiger charge is -2.08. The van der Waals surface area contributed by atoms with E-state index in [4.69, 9.17) is 0 Å². The fraction of sp³-hybridized carbons (Fsp3) is 0.143. The van der Waals surface area contributed by atoms with Crippen LogP contribution in [-0.2, 0) is 16.6 Å². The summed E-state index contributed by atoms with van der Waals surface area (Å²) < 4.78 is 28.0. The molecule has 5 heteroatoms. The van der Waals surface area contributed by atoms with Gasteiger partial charge in [0.05, 0.1) is 4.90 Å². The van der Waals surface area contributed by atoms with E-state index in [0.29, 0.717) is 11.4 Å². The second-order valence-corrected chi connectivity index (χ2v) is 7.15. The van der Waals surface area contributed by atoms with E-state index in [1.807, 2.05) is 43.3 Å². The Kier molecular flexibility index (Phi) is 4.59. The van der Waals surface area contributed by atoms with Crippen LogP contribution in [0.2, 0.25) is 0 Å². The van der Waals surface area contributed by atoms with Gasteiger partial charge in [0.1, 0.15) is 0 Å². The van der Waals surface area contributed by atoms with Gasteiger partial charge in [0, 0.05) is 10.1 Å². The first-order valence-corrected chi connectivity index (χ1v) is 8.35. The number of hydrogen-bond donors (Lipinski definition) is 1. The van der Waals surface area contributed by atoms with Crippen molar-refractivity contribution in [2.24, 2.45) is 0 Å². The molecule has 0 aromatic heterocycles. The molecule has 0 fully saturated rings. The lowest BCUT2D eigenvalue weighted by molar-refractivity contribution is 0.581. The van der Waals surface area contributed by atoms with Gasteiger partial charge in [-0.2, -0.15) is 0 Å². The lowest BCUT2D eigenvalue weighted by Crippen LogP contribution is -2.23.